The number of carbonyl (C=O) groups is 2. The van der Waals surface area contributed by atoms with Crippen molar-refractivity contribution in [1.29, 1.82) is 5.26 Å². The zero-order valence-corrected chi connectivity index (χ0v) is 20.2. The predicted molar refractivity (Wildman–Crippen MR) is 123 cm³/mol. The normalized spacial score (nSPS) is 11.2. The number of amides is 1. The Kier molecular flexibility index (Phi) is 7.08. The van der Waals surface area contributed by atoms with E-state index >= 15 is 0 Å². The Labute approximate surface area is 216 Å². The molecular formula is C22H15ClF3N9O3. The minimum absolute atomic E-state index is 0.0167. The molecule has 0 radical (unpaired) electrons. The van der Waals surface area contributed by atoms with Crippen LogP contribution in [0.2, 0.25) is 5.02 Å². The van der Waals surface area contributed by atoms with Crippen LogP contribution in [0, 0.1) is 18.3 Å². The number of aromatic nitrogens is 7. The Morgan fingerprint density at radius 2 is 2.03 bits per heavy atom. The third-order valence-corrected chi connectivity index (χ3v) is 5.43. The number of nitrogens with zero attached hydrogens (tertiary/aromatic N) is 8. The molecule has 4 rings (SSSR count). The van der Waals surface area contributed by atoms with E-state index in [1.165, 1.54) is 36.5 Å². The molecule has 3 heterocycles. The number of tetrazole rings is 1. The quantitative estimate of drug-likeness (QED) is 0.360. The molecule has 0 saturated heterocycles. The molecular weight excluding hydrogens is 531 g/mol. The van der Waals surface area contributed by atoms with Crippen molar-refractivity contribution in [1.82, 2.24) is 35.0 Å². The summed E-state index contributed by atoms with van der Waals surface area (Å²) in [6, 6.07) is 8.85. The van der Waals surface area contributed by atoms with Crippen LogP contribution in [0.3, 0.4) is 0 Å². The van der Waals surface area contributed by atoms with Crippen LogP contribution in [0.25, 0.3) is 5.82 Å². The molecule has 12 nitrogen and oxygen atoms in total. The van der Waals surface area contributed by atoms with Crippen LogP contribution in [0.5, 0.6) is 0 Å². The van der Waals surface area contributed by atoms with Gasteiger partial charge in [0.05, 0.1) is 47.3 Å². The summed E-state index contributed by atoms with van der Waals surface area (Å²) in [7, 11) is 1.14. The van der Waals surface area contributed by atoms with E-state index in [0.717, 1.165) is 11.8 Å². The largest absolute Gasteiger partial charge is 0.465 e. The van der Waals surface area contributed by atoms with E-state index in [1.807, 2.05) is 6.07 Å². The number of ether oxygens (including phenoxy) is 1. The predicted octanol–water partition coefficient (Wildman–Crippen LogP) is 3.19. The highest BCUT2D eigenvalue weighted by atomic mass is 35.5. The second kappa shape index (κ2) is 10.3. The zero-order chi connectivity index (χ0) is 27.6. The first-order valence-corrected chi connectivity index (χ1v) is 10.9. The van der Waals surface area contributed by atoms with Gasteiger partial charge < -0.3 is 10.1 Å². The first-order chi connectivity index (χ1) is 18.0. The van der Waals surface area contributed by atoms with E-state index in [0.29, 0.717) is 10.2 Å². The Morgan fingerprint density at radius 1 is 1.26 bits per heavy atom. The molecule has 3 aromatic heterocycles. The highest BCUT2D eigenvalue weighted by molar-refractivity contribution is 6.32. The highest BCUT2D eigenvalue weighted by Crippen LogP contribution is 2.28. The summed E-state index contributed by atoms with van der Waals surface area (Å²) in [6.07, 6.45) is -3.44. The number of benzene rings is 1. The Balaban J connectivity index is 1.79. The number of rotatable bonds is 6. The molecule has 1 aromatic carbocycles. The van der Waals surface area contributed by atoms with Crippen molar-refractivity contribution in [3.05, 3.63) is 75.5 Å². The van der Waals surface area contributed by atoms with Gasteiger partial charge in [-0.3, -0.25) is 4.79 Å². The first-order valence-electron chi connectivity index (χ1n) is 10.5. The topological polar surface area (TPSA) is 154 Å². The van der Waals surface area contributed by atoms with Gasteiger partial charge in [-0.05, 0) is 53.2 Å². The first kappa shape index (κ1) is 26.2. The number of nitrogens with one attached hydrogen (secondary N) is 1. The number of esters is 1. The fourth-order valence-electron chi connectivity index (χ4n) is 3.50. The molecule has 0 saturated carbocycles. The monoisotopic (exact) mass is 545 g/mol. The average molecular weight is 546 g/mol. The Bertz CT molecular complexity index is 1590. The number of alkyl halides is 3. The van der Waals surface area contributed by atoms with Crippen molar-refractivity contribution in [3.8, 4) is 11.9 Å². The number of anilines is 1. The molecule has 0 aliphatic heterocycles. The molecule has 194 valence electrons. The van der Waals surface area contributed by atoms with E-state index in [4.69, 9.17) is 16.3 Å². The molecule has 0 spiro atoms. The summed E-state index contributed by atoms with van der Waals surface area (Å²) in [4.78, 5) is 29.9. The average Bonchev–Trinajstić information content (AvgIpc) is 3.52. The second-order valence-electron chi connectivity index (χ2n) is 7.67. The fourth-order valence-corrected chi connectivity index (χ4v) is 3.70. The molecule has 0 bridgehead atoms. The summed E-state index contributed by atoms with van der Waals surface area (Å²) in [6.45, 7) is 1.03. The van der Waals surface area contributed by atoms with Crippen LogP contribution in [0.4, 0.5) is 18.9 Å². The molecule has 0 unspecified atom stereocenters. The number of carbonyl (C=O) groups excluding carboxylic acids is 2. The summed E-state index contributed by atoms with van der Waals surface area (Å²) in [5, 5.41) is 25.6. The van der Waals surface area contributed by atoms with Crippen molar-refractivity contribution in [2.45, 2.75) is 19.6 Å². The standard InChI is InChI=1S/C22H15ClF3N9O3/c1-11-6-12(9-27)7-14(20(37)38-2)17(11)29-19(36)16-8-13(10-34-21(22(24,25)26)30-32-33-34)31-35(16)18-15(23)4-3-5-28-18/h3-8H,10H2,1-2H3,(H,29,36). The molecule has 0 atom stereocenters. The van der Waals surface area contributed by atoms with E-state index in [1.54, 1.807) is 6.92 Å². The number of methoxy groups -OCH3 is 1. The maximum atomic E-state index is 13.4. The molecule has 0 fully saturated rings. The van der Waals surface area contributed by atoms with Crippen LogP contribution in [0.1, 0.15) is 43.5 Å². The van der Waals surface area contributed by atoms with Gasteiger partial charge >= 0.3 is 12.1 Å². The second-order valence-corrected chi connectivity index (χ2v) is 8.08. The van der Waals surface area contributed by atoms with Gasteiger partial charge in [-0.1, -0.05) is 11.6 Å². The number of pyridine rings is 1. The number of halogens is 4. The van der Waals surface area contributed by atoms with Crippen molar-refractivity contribution in [2.24, 2.45) is 0 Å². The highest BCUT2D eigenvalue weighted by Gasteiger charge is 2.38. The van der Waals surface area contributed by atoms with Crippen molar-refractivity contribution in [2.75, 3.05) is 12.4 Å². The molecule has 1 amide bonds. The lowest BCUT2D eigenvalue weighted by atomic mass is 10.0. The fraction of sp³-hybridized carbons (Fsp3) is 0.182. The minimum Gasteiger partial charge on any atom is -0.465 e. The van der Waals surface area contributed by atoms with Crippen molar-refractivity contribution in [3.63, 3.8) is 0 Å². The van der Waals surface area contributed by atoms with Crippen molar-refractivity contribution < 1.29 is 27.5 Å². The Hall–Kier alpha value is -4.84. The minimum atomic E-state index is -4.83. The molecule has 4 aromatic rings. The van der Waals surface area contributed by atoms with Crippen molar-refractivity contribution >= 4 is 29.2 Å². The van der Waals surface area contributed by atoms with E-state index in [-0.39, 0.29) is 39.0 Å². The maximum absolute atomic E-state index is 13.4. The van der Waals surface area contributed by atoms with Gasteiger partial charge in [0.15, 0.2) is 5.82 Å². The van der Waals surface area contributed by atoms with E-state index in [2.05, 4.69) is 30.9 Å². The molecule has 1 N–H and O–H groups in total. The van der Waals surface area contributed by atoms with Gasteiger partial charge in [0.25, 0.3) is 11.7 Å². The van der Waals surface area contributed by atoms with Gasteiger partial charge in [0.1, 0.15) is 5.69 Å². The summed E-state index contributed by atoms with van der Waals surface area (Å²) >= 11 is 6.24. The summed E-state index contributed by atoms with van der Waals surface area (Å²) < 4.78 is 46.0. The lowest BCUT2D eigenvalue weighted by Crippen LogP contribution is -2.20. The number of nitriles is 1. The smallest absolute Gasteiger partial charge is 0.453 e. The Morgan fingerprint density at radius 3 is 2.68 bits per heavy atom. The van der Waals surface area contributed by atoms with Crippen LogP contribution in [0.15, 0.2) is 36.5 Å². The number of hydrogen-bond donors (Lipinski definition) is 1. The van der Waals surface area contributed by atoms with Crippen LogP contribution in [-0.4, -0.2) is 54.0 Å². The van der Waals surface area contributed by atoms with E-state index in [9.17, 15) is 28.0 Å². The molecule has 0 aliphatic carbocycles. The third-order valence-electron chi connectivity index (χ3n) is 5.14. The van der Waals surface area contributed by atoms with E-state index < -0.39 is 30.4 Å². The van der Waals surface area contributed by atoms with Gasteiger partial charge in [0.2, 0.25) is 0 Å². The number of hydrogen-bond acceptors (Lipinski definition) is 9. The van der Waals surface area contributed by atoms with Crippen LogP contribution in [-0.2, 0) is 17.5 Å². The summed E-state index contributed by atoms with van der Waals surface area (Å²) in [5.74, 6) is -2.95. The number of aryl methyl sites for hydroxylation is 1. The van der Waals surface area contributed by atoms with Crippen LogP contribution < -0.4 is 5.32 Å². The lowest BCUT2D eigenvalue weighted by molar-refractivity contribution is -0.147. The summed E-state index contributed by atoms with van der Waals surface area (Å²) in [5.41, 5.74) is 0.310. The third kappa shape index (κ3) is 5.15. The van der Waals surface area contributed by atoms with Gasteiger partial charge in [-0.25, -0.2) is 19.1 Å². The van der Waals surface area contributed by atoms with Crippen LogP contribution >= 0.6 is 11.6 Å². The van der Waals surface area contributed by atoms with Gasteiger partial charge in [-0.2, -0.15) is 23.5 Å². The zero-order valence-electron chi connectivity index (χ0n) is 19.5. The lowest BCUT2D eigenvalue weighted by Gasteiger charge is -2.14. The van der Waals surface area contributed by atoms with Gasteiger partial charge in [0, 0.05) is 6.20 Å². The molecule has 38 heavy (non-hydrogen) atoms. The maximum Gasteiger partial charge on any atom is 0.453 e. The van der Waals surface area contributed by atoms with Gasteiger partial charge in [-0.15, -0.1) is 5.10 Å². The SMILES string of the molecule is COC(=O)c1cc(C#N)cc(C)c1NC(=O)c1cc(Cn2nnnc2C(F)(F)F)nn1-c1ncccc1Cl. The molecule has 16 heteroatoms. The molecule has 0 aliphatic rings.